The highest BCUT2D eigenvalue weighted by molar-refractivity contribution is 5.85. The van der Waals surface area contributed by atoms with Crippen LogP contribution in [0.1, 0.15) is 12.8 Å². The van der Waals surface area contributed by atoms with Gasteiger partial charge in [-0.15, -0.1) is 24.8 Å². The van der Waals surface area contributed by atoms with Crippen molar-refractivity contribution in [2.24, 2.45) is 17.8 Å². The van der Waals surface area contributed by atoms with Gasteiger partial charge in [0, 0.05) is 26.2 Å². The third-order valence-electron chi connectivity index (χ3n) is 4.46. The van der Waals surface area contributed by atoms with Crippen molar-refractivity contribution >= 4 is 30.7 Å². The molecular weight excluding hydrogens is 273 g/mol. The van der Waals surface area contributed by atoms with E-state index < -0.39 is 0 Å². The first kappa shape index (κ1) is 16.0. The number of nitrogens with zero attached hydrogens (tertiary/aromatic N) is 1. The molecule has 3 aliphatic heterocycles. The summed E-state index contributed by atoms with van der Waals surface area (Å²) in [6, 6.07) is 0. The van der Waals surface area contributed by atoms with E-state index in [2.05, 4.69) is 15.5 Å². The number of amides is 1. The van der Waals surface area contributed by atoms with Gasteiger partial charge in [0.15, 0.2) is 0 Å². The van der Waals surface area contributed by atoms with Crippen LogP contribution in [0.2, 0.25) is 0 Å². The van der Waals surface area contributed by atoms with E-state index in [0.717, 1.165) is 51.1 Å². The number of nitrogens with one attached hydrogen (secondary N) is 2. The standard InChI is InChI=1S/C12H21N3O.2ClH/c16-12(11-7-14-8-11)15-3-1-9-5-13-6-10(9)2-4-15;;/h9-11,13-14H,1-8H2;2*1H/t9-,10+;;. The minimum Gasteiger partial charge on any atom is -0.342 e. The molecule has 0 unspecified atom stereocenters. The maximum Gasteiger partial charge on any atom is 0.228 e. The summed E-state index contributed by atoms with van der Waals surface area (Å²) in [5, 5.41) is 6.65. The van der Waals surface area contributed by atoms with Crippen molar-refractivity contribution in [1.82, 2.24) is 15.5 Å². The van der Waals surface area contributed by atoms with Crippen LogP contribution in [0.3, 0.4) is 0 Å². The van der Waals surface area contributed by atoms with E-state index in [0.29, 0.717) is 5.91 Å². The van der Waals surface area contributed by atoms with E-state index in [4.69, 9.17) is 0 Å². The monoisotopic (exact) mass is 295 g/mol. The molecule has 3 saturated heterocycles. The second kappa shape index (κ2) is 6.94. The maximum absolute atomic E-state index is 12.1. The SMILES string of the molecule is Cl.Cl.O=C(C1CNC1)N1CC[C@@H]2CNC[C@@H]2CC1. The zero-order valence-electron chi connectivity index (χ0n) is 10.6. The Morgan fingerprint density at radius 1 is 0.889 bits per heavy atom. The third-order valence-corrected chi connectivity index (χ3v) is 4.46. The van der Waals surface area contributed by atoms with Crippen LogP contribution in [-0.4, -0.2) is 50.1 Å². The van der Waals surface area contributed by atoms with Gasteiger partial charge in [-0.2, -0.15) is 0 Å². The molecule has 0 aromatic rings. The van der Waals surface area contributed by atoms with Gasteiger partial charge in [-0.25, -0.2) is 0 Å². The lowest BCUT2D eigenvalue weighted by Gasteiger charge is -2.32. The molecule has 0 bridgehead atoms. The van der Waals surface area contributed by atoms with E-state index in [1.54, 1.807) is 0 Å². The maximum atomic E-state index is 12.1. The Balaban J connectivity index is 0.000000810. The van der Waals surface area contributed by atoms with E-state index >= 15 is 0 Å². The average Bonchev–Trinajstić information content (AvgIpc) is 2.55. The van der Waals surface area contributed by atoms with Crippen LogP contribution in [0.25, 0.3) is 0 Å². The fourth-order valence-electron chi connectivity index (χ4n) is 3.16. The summed E-state index contributed by atoms with van der Waals surface area (Å²) in [6.45, 7) is 6.08. The molecule has 0 spiro atoms. The zero-order valence-corrected chi connectivity index (χ0v) is 12.2. The molecule has 6 heteroatoms. The molecular formula is C12H23Cl2N3O. The molecule has 2 N–H and O–H groups in total. The summed E-state index contributed by atoms with van der Waals surface area (Å²) in [6.07, 6.45) is 2.40. The van der Waals surface area contributed by atoms with Crippen LogP contribution in [0.5, 0.6) is 0 Å². The summed E-state index contributed by atoms with van der Waals surface area (Å²) in [5.74, 6) is 2.30. The second-order valence-electron chi connectivity index (χ2n) is 5.44. The van der Waals surface area contributed by atoms with Crippen molar-refractivity contribution in [2.45, 2.75) is 12.8 Å². The van der Waals surface area contributed by atoms with Crippen molar-refractivity contribution in [3.63, 3.8) is 0 Å². The van der Waals surface area contributed by atoms with Gasteiger partial charge in [-0.3, -0.25) is 4.79 Å². The number of hydrogen-bond donors (Lipinski definition) is 2. The van der Waals surface area contributed by atoms with Gasteiger partial charge in [0.05, 0.1) is 5.92 Å². The summed E-state index contributed by atoms with van der Waals surface area (Å²) in [7, 11) is 0. The first-order valence-corrected chi connectivity index (χ1v) is 6.55. The van der Waals surface area contributed by atoms with Crippen molar-refractivity contribution in [3.8, 4) is 0 Å². The van der Waals surface area contributed by atoms with Gasteiger partial charge < -0.3 is 15.5 Å². The molecule has 4 nitrogen and oxygen atoms in total. The highest BCUT2D eigenvalue weighted by Gasteiger charge is 2.34. The van der Waals surface area contributed by atoms with Gasteiger partial charge in [0.25, 0.3) is 0 Å². The first-order chi connectivity index (χ1) is 7.84. The Hall–Kier alpha value is -0.0300. The lowest BCUT2D eigenvalue weighted by molar-refractivity contribution is -0.137. The van der Waals surface area contributed by atoms with Crippen molar-refractivity contribution in [2.75, 3.05) is 39.3 Å². The molecule has 0 aromatic heterocycles. The number of rotatable bonds is 1. The van der Waals surface area contributed by atoms with Crippen molar-refractivity contribution in [1.29, 1.82) is 0 Å². The Kier molecular flexibility index (Phi) is 6.18. The normalized spacial score (nSPS) is 31.4. The highest BCUT2D eigenvalue weighted by atomic mass is 35.5. The molecule has 0 aromatic carbocycles. The predicted molar refractivity (Wildman–Crippen MR) is 76.5 cm³/mol. The molecule has 3 aliphatic rings. The van der Waals surface area contributed by atoms with Crippen LogP contribution in [0.4, 0.5) is 0 Å². The fourth-order valence-corrected chi connectivity index (χ4v) is 3.16. The smallest absolute Gasteiger partial charge is 0.228 e. The van der Waals surface area contributed by atoms with E-state index in [1.807, 2.05) is 0 Å². The molecule has 106 valence electrons. The highest BCUT2D eigenvalue weighted by Crippen LogP contribution is 2.27. The number of fused-ring (bicyclic) bond motifs is 1. The van der Waals surface area contributed by atoms with Gasteiger partial charge in [-0.1, -0.05) is 0 Å². The quantitative estimate of drug-likeness (QED) is 0.741. The van der Waals surface area contributed by atoms with Crippen LogP contribution in [0, 0.1) is 17.8 Å². The Bertz CT molecular complexity index is 272. The molecule has 18 heavy (non-hydrogen) atoms. The minimum atomic E-state index is 0. The van der Waals surface area contributed by atoms with E-state index in [1.165, 1.54) is 12.8 Å². The molecule has 2 atom stereocenters. The zero-order chi connectivity index (χ0) is 11.0. The molecule has 0 aliphatic carbocycles. The second-order valence-corrected chi connectivity index (χ2v) is 5.44. The topological polar surface area (TPSA) is 44.4 Å². The summed E-state index contributed by atoms with van der Waals surface area (Å²) in [4.78, 5) is 14.2. The van der Waals surface area contributed by atoms with Crippen LogP contribution >= 0.6 is 24.8 Å². The van der Waals surface area contributed by atoms with E-state index in [-0.39, 0.29) is 30.7 Å². The number of carbonyl (C=O) groups excluding carboxylic acids is 1. The van der Waals surface area contributed by atoms with Crippen LogP contribution in [0.15, 0.2) is 0 Å². The molecule has 1 amide bonds. The summed E-state index contributed by atoms with van der Waals surface area (Å²) >= 11 is 0. The molecule has 3 rings (SSSR count). The Morgan fingerprint density at radius 3 is 1.83 bits per heavy atom. The van der Waals surface area contributed by atoms with Crippen LogP contribution in [-0.2, 0) is 4.79 Å². The average molecular weight is 296 g/mol. The van der Waals surface area contributed by atoms with Gasteiger partial charge >= 0.3 is 0 Å². The lowest BCUT2D eigenvalue weighted by atomic mass is 9.92. The number of carbonyl (C=O) groups is 1. The van der Waals surface area contributed by atoms with Crippen LogP contribution < -0.4 is 10.6 Å². The molecule has 0 radical (unpaired) electrons. The largest absolute Gasteiger partial charge is 0.342 e. The molecule has 3 fully saturated rings. The lowest BCUT2D eigenvalue weighted by Crippen LogP contribution is -2.52. The molecule has 3 heterocycles. The van der Waals surface area contributed by atoms with Gasteiger partial charge in [-0.05, 0) is 37.8 Å². The third kappa shape index (κ3) is 3.10. The summed E-state index contributed by atoms with van der Waals surface area (Å²) < 4.78 is 0. The Labute approximate surface area is 121 Å². The number of hydrogen-bond acceptors (Lipinski definition) is 3. The summed E-state index contributed by atoms with van der Waals surface area (Å²) in [5.41, 5.74) is 0. The minimum absolute atomic E-state index is 0. The number of likely N-dealkylation sites (tertiary alicyclic amines) is 1. The van der Waals surface area contributed by atoms with Gasteiger partial charge in [0.1, 0.15) is 0 Å². The first-order valence-electron chi connectivity index (χ1n) is 6.55. The fraction of sp³-hybridized carbons (Fsp3) is 0.917. The molecule has 0 saturated carbocycles. The predicted octanol–water partition coefficient (Wildman–Crippen LogP) is 0.507. The number of halogens is 2. The van der Waals surface area contributed by atoms with Crippen molar-refractivity contribution < 1.29 is 4.79 Å². The van der Waals surface area contributed by atoms with Gasteiger partial charge in [0.2, 0.25) is 5.91 Å². The van der Waals surface area contributed by atoms with Crippen molar-refractivity contribution in [3.05, 3.63) is 0 Å². The Morgan fingerprint density at radius 2 is 1.39 bits per heavy atom. The van der Waals surface area contributed by atoms with E-state index in [9.17, 15) is 4.79 Å².